The van der Waals surface area contributed by atoms with Gasteiger partial charge in [0.2, 0.25) is 0 Å². The molecule has 0 unspecified atom stereocenters. The van der Waals surface area contributed by atoms with E-state index >= 15 is 0 Å². The van der Waals surface area contributed by atoms with Crippen LogP contribution in [0.2, 0.25) is 0 Å². The maximum atomic E-state index is 11.9. The van der Waals surface area contributed by atoms with Crippen LogP contribution in [0, 0.1) is 0 Å². The second-order valence-electron chi connectivity index (χ2n) is 4.32. The van der Waals surface area contributed by atoms with Gasteiger partial charge in [-0.3, -0.25) is 4.79 Å². The van der Waals surface area contributed by atoms with Crippen LogP contribution in [0.3, 0.4) is 0 Å². The fourth-order valence-electron chi connectivity index (χ4n) is 1.66. The van der Waals surface area contributed by atoms with Crippen LogP contribution >= 0.6 is 11.8 Å². The summed E-state index contributed by atoms with van der Waals surface area (Å²) in [5, 5.41) is 1.92. The Hall–Kier alpha value is -2.67. The molecule has 2 rings (SSSR count). The standard InChI is InChI=1S/C16H15N3O3S/c1-2-22-15(21)12-10-18-16(19-14(12)17)23-9-8-13(20)11-6-4-3-5-7-11/h3-10H,2H2,1H3,(H2,17,18,19)/b9-8+. The number of carbonyl (C=O) groups excluding carboxylic acids is 2. The fraction of sp³-hybridized carbons (Fsp3) is 0.125. The van der Waals surface area contributed by atoms with Crippen LogP contribution in [-0.2, 0) is 4.74 Å². The zero-order valence-corrected chi connectivity index (χ0v) is 13.2. The number of carbonyl (C=O) groups is 2. The van der Waals surface area contributed by atoms with Crippen LogP contribution < -0.4 is 5.73 Å². The van der Waals surface area contributed by atoms with Gasteiger partial charge in [0.15, 0.2) is 10.9 Å². The highest BCUT2D eigenvalue weighted by molar-refractivity contribution is 8.02. The van der Waals surface area contributed by atoms with Crippen molar-refractivity contribution >= 4 is 29.3 Å². The molecule has 2 N–H and O–H groups in total. The summed E-state index contributed by atoms with van der Waals surface area (Å²) >= 11 is 1.14. The first kappa shape index (κ1) is 16.7. The van der Waals surface area contributed by atoms with Crippen LogP contribution in [0.1, 0.15) is 27.6 Å². The van der Waals surface area contributed by atoms with Gasteiger partial charge in [0.05, 0.1) is 6.61 Å². The van der Waals surface area contributed by atoms with Crippen LogP contribution in [-0.4, -0.2) is 28.3 Å². The monoisotopic (exact) mass is 329 g/mol. The van der Waals surface area contributed by atoms with Gasteiger partial charge in [0.25, 0.3) is 0 Å². The number of nitrogens with two attached hydrogens (primary N) is 1. The zero-order valence-electron chi connectivity index (χ0n) is 12.4. The predicted octanol–water partition coefficient (Wildman–Crippen LogP) is 2.72. The summed E-state index contributed by atoms with van der Waals surface area (Å²) in [4.78, 5) is 31.5. The zero-order chi connectivity index (χ0) is 16.7. The number of esters is 1. The molecule has 0 atom stereocenters. The molecule has 118 valence electrons. The quantitative estimate of drug-likeness (QED) is 0.286. The van der Waals surface area contributed by atoms with Crippen molar-refractivity contribution in [2.45, 2.75) is 12.1 Å². The molecule has 0 bridgehead atoms. The van der Waals surface area contributed by atoms with E-state index in [9.17, 15) is 9.59 Å². The van der Waals surface area contributed by atoms with Crippen LogP contribution in [0.25, 0.3) is 0 Å². The van der Waals surface area contributed by atoms with Gasteiger partial charge in [0.1, 0.15) is 11.4 Å². The third-order valence-electron chi connectivity index (χ3n) is 2.74. The Morgan fingerprint density at radius 1 is 1.30 bits per heavy atom. The van der Waals surface area contributed by atoms with Crippen molar-refractivity contribution in [3.8, 4) is 0 Å². The maximum Gasteiger partial charge on any atom is 0.343 e. The molecule has 0 aliphatic rings. The van der Waals surface area contributed by atoms with Crippen LogP contribution in [0.5, 0.6) is 0 Å². The van der Waals surface area contributed by atoms with Gasteiger partial charge in [-0.05, 0) is 18.4 Å². The first-order chi connectivity index (χ1) is 11.1. The van der Waals surface area contributed by atoms with Gasteiger partial charge in [-0.1, -0.05) is 42.1 Å². The topological polar surface area (TPSA) is 95.2 Å². The highest BCUT2D eigenvalue weighted by Crippen LogP contribution is 2.18. The van der Waals surface area contributed by atoms with Crippen molar-refractivity contribution in [3.63, 3.8) is 0 Å². The number of aromatic nitrogens is 2. The van der Waals surface area contributed by atoms with Crippen molar-refractivity contribution in [2.24, 2.45) is 0 Å². The van der Waals surface area contributed by atoms with Gasteiger partial charge in [-0.15, -0.1) is 0 Å². The number of rotatable bonds is 6. The third-order valence-corrected chi connectivity index (χ3v) is 3.42. The lowest BCUT2D eigenvalue weighted by Gasteiger charge is -2.04. The Morgan fingerprint density at radius 2 is 2.04 bits per heavy atom. The number of ether oxygens (including phenoxy) is 1. The summed E-state index contributed by atoms with van der Waals surface area (Å²) in [5.74, 6) is -0.630. The normalized spacial score (nSPS) is 10.7. The van der Waals surface area contributed by atoms with Crippen molar-refractivity contribution in [1.82, 2.24) is 9.97 Å². The number of nitrogen functional groups attached to an aromatic ring is 1. The SMILES string of the molecule is CCOC(=O)c1cnc(S/C=C/C(=O)c2ccccc2)nc1N. The molecule has 0 radical (unpaired) electrons. The molecular weight excluding hydrogens is 314 g/mol. The number of ketones is 1. The number of anilines is 1. The summed E-state index contributed by atoms with van der Waals surface area (Å²) in [6.07, 6.45) is 2.74. The van der Waals surface area contributed by atoms with E-state index in [0.29, 0.717) is 10.7 Å². The summed E-state index contributed by atoms with van der Waals surface area (Å²) in [7, 11) is 0. The van der Waals surface area contributed by atoms with E-state index in [1.807, 2.05) is 6.07 Å². The largest absolute Gasteiger partial charge is 0.462 e. The molecular formula is C16H15N3O3S. The summed E-state index contributed by atoms with van der Waals surface area (Å²) < 4.78 is 4.85. The molecule has 1 heterocycles. The van der Waals surface area contributed by atoms with E-state index in [-0.39, 0.29) is 23.8 Å². The van der Waals surface area contributed by atoms with Crippen molar-refractivity contribution in [3.05, 3.63) is 59.1 Å². The minimum atomic E-state index is -0.559. The lowest BCUT2D eigenvalue weighted by Crippen LogP contribution is -2.10. The van der Waals surface area contributed by atoms with E-state index in [1.165, 1.54) is 12.3 Å². The lowest BCUT2D eigenvalue weighted by atomic mass is 10.1. The number of hydrogen-bond acceptors (Lipinski definition) is 7. The van der Waals surface area contributed by atoms with Gasteiger partial charge in [-0.2, -0.15) is 0 Å². The van der Waals surface area contributed by atoms with E-state index in [0.717, 1.165) is 11.8 Å². The molecule has 1 aromatic carbocycles. The summed E-state index contributed by atoms with van der Waals surface area (Å²) in [5.41, 5.74) is 6.44. The Bertz CT molecular complexity index is 733. The average Bonchev–Trinajstić information content (AvgIpc) is 2.56. The first-order valence-electron chi connectivity index (χ1n) is 6.84. The summed E-state index contributed by atoms with van der Waals surface area (Å²) in [6, 6.07) is 8.91. The van der Waals surface area contributed by atoms with Crippen LogP contribution in [0.15, 0.2) is 53.2 Å². The highest BCUT2D eigenvalue weighted by Gasteiger charge is 2.13. The minimum Gasteiger partial charge on any atom is -0.462 e. The number of hydrogen-bond donors (Lipinski definition) is 1. The smallest absolute Gasteiger partial charge is 0.343 e. The number of nitrogens with zero attached hydrogens (tertiary/aromatic N) is 2. The van der Waals surface area contributed by atoms with Gasteiger partial charge < -0.3 is 10.5 Å². The number of thioether (sulfide) groups is 1. The van der Waals surface area contributed by atoms with Crippen LogP contribution in [0.4, 0.5) is 5.82 Å². The Balaban J connectivity index is 2.01. The molecule has 7 heteroatoms. The van der Waals surface area contributed by atoms with E-state index in [2.05, 4.69) is 9.97 Å². The second-order valence-corrected chi connectivity index (χ2v) is 5.20. The van der Waals surface area contributed by atoms with Crippen molar-refractivity contribution < 1.29 is 14.3 Å². The fourth-order valence-corrected chi connectivity index (χ4v) is 2.23. The molecule has 0 aliphatic carbocycles. The third kappa shape index (κ3) is 4.65. The molecule has 0 spiro atoms. The Morgan fingerprint density at radius 3 is 2.70 bits per heavy atom. The Kier molecular flexibility index (Phi) is 5.87. The molecule has 1 aromatic heterocycles. The van der Waals surface area contributed by atoms with E-state index < -0.39 is 5.97 Å². The molecule has 0 fully saturated rings. The molecule has 6 nitrogen and oxygen atoms in total. The molecule has 0 saturated carbocycles. The van der Waals surface area contributed by atoms with Gasteiger partial charge in [-0.25, -0.2) is 14.8 Å². The maximum absolute atomic E-state index is 11.9. The molecule has 0 amide bonds. The summed E-state index contributed by atoms with van der Waals surface area (Å²) in [6.45, 7) is 1.95. The lowest BCUT2D eigenvalue weighted by molar-refractivity contribution is 0.0526. The number of benzene rings is 1. The van der Waals surface area contributed by atoms with Crippen molar-refractivity contribution in [2.75, 3.05) is 12.3 Å². The van der Waals surface area contributed by atoms with Gasteiger partial charge >= 0.3 is 5.97 Å². The molecule has 23 heavy (non-hydrogen) atoms. The first-order valence-corrected chi connectivity index (χ1v) is 7.72. The Labute approximate surface area is 137 Å². The molecule has 0 aliphatic heterocycles. The van der Waals surface area contributed by atoms with Crippen molar-refractivity contribution in [1.29, 1.82) is 0 Å². The average molecular weight is 329 g/mol. The molecule has 0 saturated heterocycles. The van der Waals surface area contributed by atoms with Gasteiger partial charge in [0, 0.05) is 11.8 Å². The van der Waals surface area contributed by atoms with E-state index in [1.54, 1.807) is 36.6 Å². The predicted molar refractivity (Wildman–Crippen MR) is 88.2 cm³/mol. The highest BCUT2D eigenvalue weighted by atomic mass is 32.2. The second kappa shape index (κ2) is 8.09. The minimum absolute atomic E-state index is 0.0451. The number of allylic oxidation sites excluding steroid dienone is 1. The molecule has 2 aromatic rings. The van der Waals surface area contributed by atoms with E-state index in [4.69, 9.17) is 10.5 Å².